The van der Waals surface area contributed by atoms with Crippen molar-refractivity contribution in [2.45, 2.75) is 44.6 Å². The summed E-state index contributed by atoms with van der Waals surface area (Å²) in [7, 11) is 0. The fourth-order valence-corrected chi connectivity index (χ4v) is 2.40. The van der Waals surface area contributed by atoms with Gasteiger partial charge in [-0.15, -0.1) is 0 Å². The summed E-state index contributed by atoms with van der Waals surface area (Å²) in [5.74, 6) is 0.670. The molecule has 1 aliphatic rings. The third kappa shape index (κ3) is 3.38. The average molecular weight is 250 g/mol. The number of ether oxygens (including phenoxy) is 1. The van der Waals surface area contributed by atoms with E-state index >= 15 is 0 Å². The monoisotopic (exact) mass is 249 g/mol. The van der Waals surface area contributed by atoms with Gasteiger partial charge in [0.1, 0.15) is 11.8 Å². The predicted octanol–water partition coefficient (Wildman–Crippen LogP) is 4.31. The van der Waals surface area contributed by atoms with E-state index in [9.17, 15) is 0 Å². The van der Waals surface area contributed by atoms with Crippen molar-refractivity contribution in [3.05, 3.63) is 28.8 Å². The Labute approximate surface area is 107 Å². The third-order valence-corrected chi connectivity index (χ3v) is 3.39. The van der Waals surface area contributed by atoms with E-state index in [4.69, 9.17) is 21.6 Å². The molecule has 0 heterocycles. The number of hydrogen-bond acceptors (Lipinski definition) is 2. The molecule has 0 bridgehead atoms. The molecule has 1 fully saturated rings. The molecule has 1 saturated carbocycles. The van der Waals surface area contributed by atoms with E-state index in [-0.39, 0.29) is 6.10 Å². The van der Waals surface area contributed by atoms with Gasteiger partial charge in [-0.25, -0.2) is 0 Å². The van der Waals surface area contributed by atoms with Gasteiger partial charge in [0.2, 0.25) is 0 Å². The van der Waals surface area contributed by atoms with Gasteiger partial charge in [0.15, 0.2) is 0 Å². The summed E-state index contributed by atoms with van der Waals surface area (Å²) in [5, 5.41) is 9.62. The summed E-state index contributed by atoms with van der Waals surface area (Å²) in [6.07, 6.45) is 7.48. The third-order valence-electron chi connectivity index (χ3n) is 3.16. The minimum atomic E-state index is 0.255. The van der Waals surface area contributed by atoms with Gasteiger partial charge < -0.3 is 4.74 Å². The zero-order valence-electron chi connectivity index (χ0n) is 9.79. The molecule has 0 unspecified atom stereocenters. The van der Waals surface area contributed by atoms with E-state index in [2.05, 4.69) is 6.07 Å². The highest BCUT2D eigenvalue weighted by Crippen LogP contribution is 2.27. The van der Waals surface area contributed by atoms with Crippen molar-refractivity contribution < 1.29 is 4.74 Å². The van der Waals surface area contributed by atoms with Gasteiger partial charge in [-0.2, -0.15) is 5.26 Å². The highest BCUT2D eigenvalue weighted by atomic mass is 35.5. The maximum atomic E-state index is 9.04. The lowest BCUT2D eigenvalue weighted by Gasteiger charge is -2.17. The van der Waals surface area contributed by atoms with Gasteiger partial charge in [-0.05, 0) is 43.9 Å². The van der Waals surface area contributed by atoms with Crippen molar-refractivity contribution in [2.75, 3.05) is 0 Å². The Bertz CT molecular complexity index is 417. The van der Waals surface area contributed by atoms with Gasteiger partial charge in [-0.1, -0.05) is 24.4 Å². The van der Waals surface area contributed by atoms with E-state index in [0.29, 0.717) is 16.3 Å². The largest absolute Gasteiger partial charge is 0.489 e. The second kappa shape index (κ2) is 5.93. The molecule has 1 aromatic rings. The lowest BCUT2D eigenvalue weighted by Crippen LogP contribution is -2.15. The molecule has 17 heavy (non-hydrogen) atoms. The number of benzene rings is 1. The summed E-state index contributed by atoms with van der Waals surface area (Å²) in [4.78, 5) is 0. The van der Waals surface area contributed by atoms with Gasteiger partial charge in [-0.3, -0.25) is 0 Å². The fraction of sp³-hybridized carbons (Fsp3) is 0.500. The zero-order chi connectivity index (χ0) is 12.1. The summed E-state index contributed by atoms with van der Waals surface area (Å²) < 4.78 is 5.93. The minimum absolute atomic E-state index is 0.255. The van der Waals surface area contributed by atoms with Crippen LogP contribution in [0.5, 0.6) is 5.75 Å². The predicted molar refractivity (Wildman–Crippen MR) is 68.3 cm³/mol. The van der Waals surface area contributed by atoms with E-state index < -0.39 is 0 Å². The van der Waals surface area contributed by atoms with Crippen LogP contribution >= 0.6 is 11.6 Å². The highest BCUT2D eigenvalue weighted by Gasteiger charge is 2.15. The van der Waals surface area contributed by atoms with Crippen LogP contribution in [-0.4, -0.2) is 6.10 Å². The molecule has 2 nitrogen and oxygen atoms in total. The molecular weight excluding hydrogens is 234 g/mol. The molecule has 0 radical (unpaired) electrons. The molecule has 1 aromatic carbocycles. The second-order valence-electron chi connectivity index (χ2n) is 4.48. The molecule has 0 aliphatic heterocycles. The average Bonchev–Trinajstić information content (AvgIpc) is 2.60. The maximum absolute atomic E-state index is 9.04. The summed E-state index contributed by atoms with van der Waals surface area (Å²) >= 11 is 5.86. The normalized spacial score (nSPS) is 17.2. The maximum Gasteiger partial charge on any atom is 0.137 e. The van der Waals surface area contributed by atoms with E-state index in [1.54, 1.807) is 18.2 Å². The molecule has 0 N–H and O–H groups in total. The first-order chi connectivity index (χ1) is 8.29. The van der Waals surface area contributed by atoms with Gasteiger partial charge in [0, 0.05) is 5.02 Å². The number of hydrogen-bond donors (Lipinski definition) is 0. The molecule has 90 valence electrons. The lowest BCUT2D eigenvalue weighted by molar-refractivity contribution is 0.183. The molecule has 1 aliphatic carbocycles. The van der Waals surface area contributed by atoms with Crippen LogP contribution in [0.1, 0.15) is 44.1 Å². The van der Waals surface area contributed by atoms with E-state index in [1.165, 1.54) is 25.7 Å². The quantitative estimate of drug-likeness (QED) is 0.732. The molecule has 0 amide bonds. The number of nitriles is 1. The number of halogens is 1. The Kier molecular flexibility index (Phi) is 4.28. The highest BCUT2D eigenvalue weighted by molar-refractivity contribution is 6.30. The van der Waals surface area contributed by atoms with Gasteiger partial charge >= 0.3 is 0 Å². The molecule has 0 aromatic heterocycles. The first kappa shape index (κ1) is 12.3. The van der Waals surface area contributed by atoms with Crippen LogP contribution < -0.4 is 4.74 Å². The molecular formula is C14H16ClNO. The Morgan fingerprint density at radius 1 is 1.18 bits per heavy atom. The molecule has 0 spiro atoms. The SMILES string of the molecule is N#Cc1cc(Cl)ccc1OC1CCCCCC1. The van der Waals surface area contributed by atoms with Crippen LogP contribution in [0.4, 0.5) is 0 Å². The van der Waals surface area contributed by atoms with Gasteiger partial charge in [0.25, 0.3) is 0 Å². The van der Waals surface area contributed by atoms with E-state index in [1.807, 2.05) is 0 Å². The van der Waals surface area contributed by atoms with Crippen LogP contribution in [-0.2, 0) is 0 Å². The van der Waals surface area contributed by atoms with Crippen LogP contribution in [0.15, 0.2) is 18.2 Å². The Morgan fingerprint density at radius 2 is 1.88 bits per heavy atom. The summed E-state index contributed by atoms with van der Waals surface area (Å²) in [6, 6.07) is 7.36. The molecule has 0 saturated heterocycles. The van der Waals surface area contributed by atoms with E-state index in [0.717, 1.165) is 12.8 Å². The standard InChI is InChI=1S/C14H16ClNO/c15-12-7-8-14(11(9-12)10-16)17-13-5-3-1-2-4-6-13/h7-9,13H,1-6H2. The smallest absolute Gasteiger partial charge is 0.137 e. The zero-order valence-corrected chi connectivity index (χ0v) is 10.5. The molecule has 0 atom stereocenters. The van der Waals surface area contributed by atoms with Crippen molar-refractivity contribution in [1.82, 2.24) is 0 Å². The summed E-state index contributed by atoms with van der Waals surface area (Å²) in [5.41, 5.74) is 0.529. The first-order valence-corrected chi connectivity index (χ1v) is 6.53. The Balaban J connectivity index is 2.09. The number of rotatable bonds is 2. The minimum Gasteiger partial charge on any atom is -0.489 e. The topological polar surface area (TPSA) is 33.0 Å². The van der Waals surface area contributed by atoms with Crippen LogP contribution in [0, 0.1) is 11.3 Å². The Hall–Kier alpha value is -1.20. The fourth-order valence-electron chi connectivity index (χ4n) is 2.23. The second-order valence-corrected chi connectivity index (χ2v) is 4.92. The van der Waals surface area contributed by atoms with Crippen molar-refractivity contribution in [2.24, 2.45) is 0 Å². The summed E-state index contributed by atoms with van der Waals surface area (Å²) in [6.45, 7) is 0. The van der Waals surface area contributed by atoms with Crippen molar-refractivity contribution in [3.63, 3.8) is 0 Å². The van der Waals surface area contributed by atoms with Crippen LogP contribution in [0.2, 0.25) is 5.02 Å². The lowest BCUT2D eigenvalue weighted by atomic mass is 10.1. The van der Waals surface area contributed by atoms with Crippen molar-refractivity contribution in [3.8, 4) is 11.8 Å². The van der Waals surface area contributed by atoms with Gasteiger partial charge in [0.05, 0.1) is 11.7 Å². The molecule has 3 heteroatoms. The molecule has 2 rings (SSSR count). The van der Waals surface area contributed by atoms with Crippen LogP contribution in [0.3, 0.4) is 0 Å². The Morgan fingerprint density at radius 3 is 2.53 bits per heavy atom. The van der Waals surface area contributed by atoms with Crippen molar-refractivity contribution in [1.29, 1.82) is 5.26 Å². The van der Waals surface area contributed by atoms with Crippen molar-refractivity contribution >= 4 is 11.6 Å². The first-order valence-electron chi connectivity index (χ1n) is 6.16. The van der Waals surface area contributed by atoms with Crippen LogP contribution in [0.25, 0.3) is 0 Å². The number of nitrogens with zero attached hydrogens (tertiary/aromatic N) is 1.